The van der Waals surface area contributed by atoms with Crippen molar-refractivity contribution in [1.29, 1.82) is 0 Å². The molecular weight excluding hydrogens is 160 g/mol. The van der Waals surface area contributed by atoms with Gasteiger partial charge in [-0.2, -0.15) is 24.4 Å². The van der Waals surface area contributed by atoms with Crippen LogP contribution in [0.4, 0.5) is 0 Å². The van der Waals surface area contributed by atoms with Crippen LogP contribution < -0.4 is 0 Å². The highest BCUT2D eigenvalue weighted by Gasteiger charge is 1.87. The summed E-state index contributed by atoms with van der Waals surface area (Å²) < 4.78 is 0. The second kappa shape index (κ2) is 9.70. The second-order valence-electron chi connectivity index (χ2n) is 2.40. The molecule has 0 saturated carbocycles. The molecule has 62 valence electrons. The summed E-state index contributed by atoms with van der Waals surface area (Å²) in [6.07, 6.45) is 5.56. The van der Waals surface area contributed by atoms with E-state index in [0.717, 1.165) is 5.75 Å². The third-order valence-corrected chi connectivity index (χ3v) is 2.97. The first-order valence-corrected chi connectivity index (χ1v) is 5.89. The van der Waals surface area contributed by atoms with Gasteiger partial charge in [-0.3, -0.25) is 0 Å². The van der Waals surface area contributed by atoms with Crippen molar-refractivity contribution in [2.75, 3.05) is 17.3 Å². The molecule has 0 aromatic heterocycles. The van der Waals surface area contributed by atoms with Crippen molar-refractivity contribution in [3.8, 4) is 0 Å². The molecule has 0 heterocycles. The lowest BCUT2D eigenvalue weighted by Crippen LogP contribution is -1.84. The maximum Gasteiger partial charge on any atom is 0.00210 e. The fourth-order valence-electron chi connectivity index (χ4n) is 0.798. The lowest BCUT2D eigenvalue weighted by molar-refractivity contribution is 0.706. The standard InChI is InChI=1S/C8H18S2/c1-2-3-4-5-7-10-8-6-9/h9H,2-8H2,1H3. The van der Waals surface area contributed by atoms with Gasteiger partial charge in [-0.05, 0) is 17.9 Å². The summed E-state index contributed by atoms with van der Waals surface area (Å²) in [7, 11) is 0. The fraction of sp³-hybridized carbons (Fsp3) is 1.00. The second-order valence-corrected chi connectivity index (χ2v) is 4.07. The Balaban J connectivity index is 2.65. The van der Waals surface area contributed by atoms with E-state index < -0.39 is 0 Å². The number of hydrogen-bond donors (Lipinski definition) is 1. The van der Waals surface area contributed by atoms with Crippen LogP contribution in [-0.2, 0) is 0 Å². The molecule has 0 saturated heterocycles. The molecule has 0 aromatic rings. The van der Waals surface area contributed by atoms with Gasteiger partial charge in [0.25, 0.3) is 0 Å². The van der Waals surface area contributed by atoms with E-state index in [4.69, 9.17) is 0 Å². The van der Waals surface area contributed by atoms with Crippen molar-refractivity contribution < 1.29 is 0 Å². The van der Waals surface area contributed by atoms with E-state index in [1.807, 2.05) is 11.8 Å². The largest absolute Gasteiger partial charge is 0.179 e. The Morgan fingerprint density at radius 3 is 2.50 bits per heavy atom. The van der Waals surface area contributed by atoms with E-state index in [9.17, 15) is 0 Å². The van der Waals surface area contributed by atoms with Gasteiger partial charge in [-0.25, -0.2) is 0 Å². The molecule has 0 unspecified atom stereocenters. The van der Waals surface area contributed by atoms with Crippen molar-refractivity contribution >= 4 is 24.4 Å². The Hall–Kier alpha value is 0.700. The summed E-state index contributed by atoms with van der Waals surface area (Å²) in [5, 5.41) is 0. The van der Waals surface area contributed by atoms with Gasteiger partial charge < -0.3 is 0 Å². The molecule has 0 atom stereocenters. The quantitative estimate of drug-likeness (QED) is 0.461. The maximum absolute atomic E-state index is 4.14. The zero-order valence-corrected chi connectivity index (χ0v) is 8.52. The Labute approximate surface area is 74.6 Å². The average Bonchev–Trinajstić information content (AvgIpc) is 1.97. The minimum atomic E-state index is 1.03. The normalized spacial score (nSPS) is 10.2. The predicted octanol–water partition coefficient (Wildman–Crippen LogP) is 3.23. The van der Waals surface area contributed by atoms with Crippen LogP contribution in [0.1, 0.15) is 32.6 Å². The number of hydrogen-bond acceptors (Lipinski definition) is 2. The molecule has 0 radical (unpaired) electrons. The van der Waals surface area contributed by atoms with Gasteiger partial charge in [-0.1, -0.05) is 26.2 Å². The van der Waals surface area contributed by atoms with Crippen LogP contribution >= 0.6 is 24.4 Å². The number of thiol groups is 1. The zero-order valence-electron chi connectivity index (χ0n) is 6.81. The van der Waals surface area contributed by atoms with Crippen LogP contribution in [0.2, 0.25) is 0 Å². The molecule has 0 rings (SSSR count). The van der Waals surface area contributed by atoms with Crippen molar-refractivity contribution in [3.63, 3.8) is 0 Å². The molecule has 0 aromatic carbocycles. The molecule has 0 N–H and O–H groups in total. The molecule has 0 bridgehead atoms. The minimum Gasteiger partial charge on any atom is -0.179 e. The van der Waals surface area contributed by atoms with Crippen LogP contribution in [0.5, 0.6) is 0 Å². The molecule has 0 aliphatic carbocycles. The van der Waals surface area contributed by atoms with Crippen LogP contribution in [-0.4, -0.2) is 17.3 Å². The van der Waals surface area contributed by atoms with Crippen LogP contribution in [0.25, 0.3) is 0 Å². The van der Waals surface area contributed by atoms with Gasteiger partial charge in [-0.15, -0.1) is 0 Å². The Kier molecular flexibility index (Phi) is 10.4. The Bertz CT molecular complexity index is 47.2. The topological polar surface area (TPSA) is 0 Å². The van der Waals surface area contributed by atoms with Gasteiger partial charge in [0.05, 0.1) is 0 Å². The van der Waals surface area contributed by atoms with Gasteiger partial charge in [0, 0.05) is 5.75 Å². The number of unbranched alkanes of at least 4 members (excludes halogenated alkanes) is 3. The van der Waals surface area contributed by atoms with E-state index in [1.165, 1.54) is 37.2 Å². The van der Waals surface area contributed by atoms with Gasteiger partial charge in [0.15, 0.2) is 0 Å². The minimum absolute atomic E-state index is 1.03. The predicted molar refractivity (Wildman–Crippen MR) is 55.3 cm³/mol. The third-order valence-electron chi connectivity index (χ3n) is 1.38. The van der Waals surface area contributed by atoms with Gasteiger partial charge >= 0.3 is 0 Å². The number of thioether (sulfide) groups is 1. The molecular formula is C8H18S2. The summed E-state index contributed by atoms with van der Waals surface area (Å²) in [6.45, 7) is 2.25. The summed E-state index contributed by atoms with van der Waals surface area (Å²) in [6, 6.07) is 0. The summed E-state index contributed by atoms with van der Waals surface area (Å²) >= 11 is 6.17. The SMILES string of the molecule is CCCCCCSCCS. The van der Waals surface area contributed by atoms with Crippen LogP contribution in [0.3, 0.4) is 0 Å². The fourth-order valence-corrected chi connectivity index (χ4v) is 1.93. The molecule has 0 fully saturated rings. The molecule has 0 nitrogen and oxygen atoms in total. The first-order chi connectivity index (χ1) is 4.91. The Morgan fingerprint density at radius 1 is 1.10 bits per heavy atom. The summed E-state index contributed by atoms with van der Waals surface area (Å²) in [5.74, 6) is 3.58. The third kappa shape index (κ3) is 8.70. The highest BCUT2D eigenvalue weighted by Crippen LogP contribution is 2.07. The van der Waals surface area contributed by atoms with E-state index >= 15 is 0 Å². The number of rotatable bonds is 7. The molecule has 0 amide bonds. The van der Waals surface area contributed by atoms with Crippen molar-refractivity contribution in [2.45, 2.75) is 32.6 Å². The van der Waals surface area contributed by atoms with E-state index in [0.29, 0.717) is 0 Å². The Morgan fingerprint density at radius 2 is 1.90 bits per heavy atom. The monoisotopic (exact) mass is 178 g/mol. The van der Waals surface area contributed by atoms with Crippen LogP contribution in [0, 0.1) is 0 Å². The van der Waals surface area contributed by atoms with Gasteiger partial charge in [0.1, 0.15) is 0 Å². The molecule has 2 heteroatoms. The van der Waals surface area contributed by atoms with E-state index in [2.05, 4.69) is 19.6 Å². The maximum atomic E-state index is 4.14. The highest BCUT2D eigenvalue weighted by atomic mass is 32.2. The van der Waals surface area contributed by atoms with Crippen molar-refractivity contribution in [3.05, 3.63) is 0 Å². The lowest BCUT2D eigenvalue weighted by atomic mass is 10.2. The molecule has 0 aliphatic rings. The first kappa shape index (κ1) is 10.7. The van der Waals surface area contributed by atoms with E-state index in [1.54, 1.807) is 0 Å². The van der Waals surface area contributed by atoms with Crippen molar-refractivity contribution in [2.24, 2.45) is 0 Å². The van der Waals surface area contributed by atoms with E-state index in [-0.39, 0.29) is 0 Å². The summed E-state index contributed by atoms with van der Waals surface area (Å²) in [4.78, 5) is 0. The first-order valence-electron chi connectivity index (χ1n) is 4.10. The molecule has 0 aliphatic heterocycles. The highest BCUT2D eigenvalue weighted by molar-refractivity contribution is 7.99. The summed E-state index contributed by atoms with van der Waals surface area (Å²) in [5.41, 5.74) is 0. The molecule has 0 spiro atoms. The smallest absolute Gasteiger partial charge is 0.00210 e. The average molecular weight is 178 g/mol. The van der Waals surface area contributed by atoms with Crippen molar-refractivity contribution in [1.82, 2.24) is 0 Å². The zero-order chi connectivity index (χ0) is 7.66. The van der Waals surface area contributed by atoms with Gasteiger partial charge in [0.2, 0.25) is 0 Å². The lowest BCUT2D eigenvalue weighted by Gasteiger charge is -1.97. The molecule has 10 heavy (non-hydrogen) atoms. The van der Waals surface area contributed by atoms with Crippen LogP contribution in [0.15, 0.2) is 0 Å².